The van der Waals surface area contributed by atoms with Crippen LogP contribution in [0.25, 0.3) is 22.4 Å². The summed E-state index contributed by atoms with van der Waals surface area (Å²) in [6, 6.07) is 19.7. The SMILES string of the molecule is Cc1cc2nc(-c3ccc(NCc4ccc(C(N)=O)cc4)cc3)[nH]c2cc1C. The number of aromatic amines is 1. The highest BCUT2D eigenvalue weighted by Gasteiger charge is 2.07. The number of amides is 1. The molecule has 28 heavy (non-hydrogen) atoms. The van der Waals surface area contributed by atoms with E-state index in [-0.39, 0.29) is 0 Å². The molecule has 140 valence electrons. The quantitative estimate of drug-likeness (QED) is 0.481. The van der Waals surface area contributed by atoms with E-state index in [1.54, 1.807) is 12.1 Å². The second kappa shape index (κ2) is 7.19. The zero-order chi connectivity index (χ0) is 19.7. The third kappa shape index (κ3) is 3.60. The molecular weight excluding hydrogens is 348 g/mol. The average molecular weight is 370 g/mol. The molecule has 0 spiro atoms. The molecule has 4 aromatic rings. The van der Waals surface area contributed by atoms with Gasteiger partial charge in [0.15, 0.2) is 0 Å². The normalized spacial score (nSPS) is 10.9. The molecule has 4 rings (SSSR count). The van der Waals surface area contributed by atoms with E-state index in [9.17, 15) is 4.79 Å². The number of anilines is 1. The Morgan fingerprint density at radius 2 is 1.68 bits per heavy atom. The maximum atomic E-state index is 11.1. The van der Waals surface area contributed by atoms with Gasteiger partial charge in [-0.15, -0.1) is 0 Å². The van der Waals surface area contributed by atoms with Crippen molar-refractivity contribution in [3.63, 3.8) is 0 Å². The van der Waals surface area contributed by atoms with Crippen LogP contribution in [0.15, 0.2) is 60.7 Å². The number of hydrogen-bond donors (Lipinski definition) is 3. The number of aromatic nitrogens is 2. The van der Waals surface area contributed by atoms with Gasteiger partial charge in [-0.2, -0.15) is 0 Å². The summed E-state index contributed by atoms with van der Waals surface area (Å²) in [6.07, 6.45) is 0. The Morgan fingerprint density at radius 1 is 1.00 bits per heavy atom. The summed E-state index contributed by atoms with van der Waals surface area (Å²) < 4.78 is 0. The second-order valence-electron chi connectivity index (χ2n) is 7.03. The number of nitrogens with two attached hydrogens (primary N) is 1. The number of rotatable bonds is 5. The summed E-state index contributed by atoms with van der Waals surface area (Å²) in [4.78, 5) is 19.2. The van der Waals surface area contributed by atoms with Crippen molar-refractivity contribution in [2.75, 3.05) is 5.32 Å². The van der Waals surface area contributed by atoms with Crippen molar-refractivity contribution in [3.05, 3.63) is 82.9 Å². The van der Waals surface area contributed by atoms with E-state index in [0.717, 1.165) is 33.7 Å². The minimum Gasteiger partial charge on any atom is -0.381 e. The fourth-order valence-electron chi connectivity index (χ4n) is 3.14. The van der Waals surface area contributed by atoms with E-state index in [0.29, 0.717) is 12.1 Å². The third-order valence-corrected chi connectivity index (χ3v) is 4.99. The Bertz CT molecular complexity index is 1100. The van der Waals surface area contributed by atoms with Gasteiger partial charge < -0.3 is 16.0 Å². The van der Waals surface area contributed by atoms with Crippen LogP contribution in [0.4, 0.5) is 5.69 Å². The van der Waals surface area contributed by atoms with E-state index < -0.39 is 5.91 Å². The van der Waals surface area contributed by atoms with Crippen LogP contribution in [0, 0.1) is 13.8 Å². The molecule has 1 heterocycles. The first-order chi connectivity index (χ1) is 13.5. The van der Waals surface area contributed by atoms with Crippen LogP contribution in [0.5, 0.6) is 0 Å². The lowest BCUT2D eigenvalue weighted by Gasteiger charge is -2.07. The van der Waals surface area contributed by atoms with Crippen LogP contribution in [-0.4, -0.2) is 15.9 Å². The lowest BCUT2D eigenvalue weighted by atomic mass is 10.1. The molecule has 0 aliphatic rings. The maximum Gasteiger partial charge on any atom is 0.248 e. The third-order valence-electron chi connectivity index (χ3n) is 4.99. The lowest BCUT2D eigenvalue weighted by Crippen LogP contribution is -2.10. The number of nitrogens with one attached hydrogen (secondary N) is 2. The first kappa shape index (κ1) is 17.8. The number of aryl methyl sites for hydroxylation is 2. The molecule has 5 nitrogen and oxygen atoms in total. The molecule has 5 heteroatoms. The summed E-state index contributed by atoms with van der Waals surface area (Å²) in [6.45, 7) is 4.88. The monoisotopic (exact) mass is 370 g/mol. The van der Waals surface area contributed by atoms with E-state index in [1.165, 1.54) is 11.1 Å². The Balaban J connectivity index is 1.47. The van der Waals surface area contributed by atoms with Crippen molar-refractivity contribution in [2.24, 2.45) is 5.73 Å². The minimum atomic E-state index is -0.411. The summed E-state index contributed by atoms with van der Waals surface area (Å²) >= 11 is 0. The summed E-state index contributed by atoms with van der Waals surface area (Å²) in [5.41, 5.74) is 13.5. The van der Waals surface area contributed by atoms with Crippen LogP contribution in [0.1, 0.15) is 27.0 Å². The Morgan fingerprint density at radius 3 is 2.36 bits per heavy atom. The molecule has 4 N–H and O–H groups in total. The number of H-pyrrole nitrogens is 1. The highest BCUT2D eigenvalue weighted by Crippen LogP contribution is 2.24. The molecule has 0 radical (unpaired) electrons. The molecule has 0 bridgehead atoms. The highest BCUT2D eigenvalue weighted by atomic mass is 16.1. The van der Waals surface area contributed by atoms with Crippen molar-refractivity contribution in [3.8, 4) is 11.4 Å². The van der Waals surface area contributed by atoms with Gasteiger partial charge in [-0.3, -0.25) is 4.79 Å². The summed E-state index contributed by atoms with van der Waals surface area (Å²) in [7, 11) is 0. The van der Waals surface area contributed by atoms with Crippen LogP contribution in [0.3, 0.4) is 0 Å². The number of carbonyl (C=O) groups excluding carboxylic acids is 1. The van der Waals surface area contributed by atoms with Gasteiger partial charge in [0.25, 0.3) is 0 Å². The second-order valence-corrected chi connectivity index (χ2v) is 7.03. The van der Waals surface area contributed by atoms with Gasteiger partial charge in [-0.25, -0.2) is 4.98 Å². The van der Waals surface area contributed by atoms with Crippen molar-refractivity contribution in [2.45, 2.75) is 20.4 Å². The van der Waals surface area contributed by atoms with Crippen LogP contribution >= 0.6 is 0 Å². The van der Waals surface area contributed by atoms with Gasteiger partial charge in [0.2, 0.25) is 5.91 Å². The summed E-state index contributed by atoms with van der Waals surface area (Å²) in [5.74, 6) is 0.458. The smallest absolute Gasteiger partial charge is 0.248 e. The average Bonchev–Trinajstić information content (AvgIpc) is 3.10. The lowest BCUT2D eigenvalue weighted by molar-refractivity contribution is 0.100. The van der Waals surface area contributed by atoms with E-state index >= 15 is 0 Å². The predicted molar refractivity (Wildman–Crippen MR) is 113 cm³/mol. The molecule has 0 aliphatic heterocycles. The maximum absolute atomic E-state index is 11.1. The number of hydrogen-bond acceptors (Lipinski definition) is 3. The van der Waals surface area contributed by atoms with Crippen LogP contribution in [-0.2, 0) is 6.54 Å². The van der Waals surface area contributed by atoms with Crippen molar-refractivity contribution < 1.29 is 4.79 Å². The fraction of sp³-hybridized carbons (Fsp3) is 0.130. The van der Waals surface area contributed by atoms with Gasteiger partial charge in [0.1, 0.15) is 5.82 Å². The number of primary amides is 1. The number of imidazole rings is 1. The van der Waals surface area contributed by atoms with Crippen LogP contribution in [0.2, 0.25) is 0 Å². The molecular formula is C23H22N4O. The van der Waals surface area contributed by atoms with Gasteiger partial charge in [0.05, 0.1) is 11.0 Å². The first-order valence-electron chi connectivity index (χ1n) is 9.19. The van der Waals surface area contributed by atoms with Crippen molar-refractivity contribution in [1.29, 1.82) is 0 Å². The molecule has 0 saturated carbocycles. The number of fused-ring (bicyclic) bond motifs is 1. The minimum absolute atomic E-state index is 0.411. The van der Waals surface area contributed by atoms with Crippen molar-refractivity contribution >= 4 is 22.6 Å². The standard InChI is InChI=1S/C23H22N4O/c1-14-11-20-21(12-15(14)2)27-23(26-20)18-7-9-19(10-8-18)25-13-16-3-5-17(6-4-16)22(24)28/h3-12,25H,13H2,1-2H3,(H2,24,28)(H,26,27). The highest BCUT2D eigenvalue weighted by molar-refractivity contribution is 5.92. The number of benzene rings is 3. The Kier molecular flexibility index (Phi) is 4.57. The van der Waals surface area contributed by atoms with Gasteiger partial charge in [-0.05, 0) is 79.1 Å². The number of carbonyl (C=O) groups is 1. The Hall–Kier alpha value is -3.60. The molecule has 0 saturated heterocycles. The molecule has 0 atom stereocenters. The molecule has 1 aromatic heterocycles. The van der Waals surface area contributed by atoms with Gasteiger partial charge >= 0.3 is 0 Å². The zero-order valence-electron chi connectivity index (χ0n) is 15.9. The van der Waals surface area contributed by atoms with Crippen molar-refractivity contribution in [1.82, 2.24) is 9.97 Å². The number of nitrogens with zero attached hydrogens (tertiary/aromatic N) is 1. The van der Waals surface area contributed by atoms with E-state index in [4.69, 9.17) is 10.7 Å². The van der Waals surface area contributed by atoms with Gasteiger partial charge in [0, 0.05) is 23.4 Å². The fourth-order valence-corrected chi connectivity index (χ4v) is 3.14. The van der Waals surface area contributed by atoms with E-state index in [2.05, 4.69) is 48.4 Å². The molecule has 1 amide bonds. The molecule has 0 unspecified atom stereocenters. The largest absolute Gasteiger partial charge is 0.381 e. The molecule has 3 aromatic carbocycles. The zero-order valence-corrected chi connectivity index (χ0v) is 15.9. The topological polar surface area (TPSA) is 83.8 Å². The van der Waals surface area contributed by atoms with Gasteiger partial charge in [-0.1, -0.05) is 12.1 Å². The molecule has 0 fully saturated rings. The van der Waals surface area contributed by atoms with E-state index in [1.807, 2.05) is 24.3 Å². The Labute approximate surface area is 163 Å². The van der Waals surface area contributed by atoms with Crippen LogP contribution < -0.4 is 11.1 Å². The first-order valence-corrected chi connectivity index (χ1v) is 9.19. The predicted octanol–water partition coefficient (Wildman–Crippen LogP) is 4.56. The molecule has 0 aliphatic carbocycles. The summed E-state index contributed by atoms with van der Waals surface area (Å²) in [5, 5.41) is 3.38.